The summed E-state index contributed by atoms with van der Waals surface area (Å²) in [5.41, 5.74) is 10.2. The maximum Gasteiger partial charge on any atom is 0.0518 e. The Hall–Kier alpha value is -2.42. The van der Waals surface area contributed by atoms with Crippen LogP contribution in [0.3, 0.4) is 0 Å². The van der Waals surface area contributed by atoms with E-state index in [1.54, 1.807) is 0 Å². The molecule has 3 rings (SSSR count). The minimum Gasteiger partial charge on any atom is -0.322 e. The van der Waals surface area contributed by atoms with Crippen molar-refractivity contribution in [3.8, 4) is 0 Å². The lowest BCUT2D eigenvalue weighted by atomic mass is 9.94. The minimum atomic E-state index is -0.0951. The van der Waals surface area contributed by atoms with E-state index in [0.29, 0.717) is 0 Å². The summed E-state index contributed by atoms with van der Waals surface area (Å²) in [5, 5.41) is 3.63. The predicted octanol–water partition coefficient (Wildman–Crippen LogP) is 4.22. The molecule has 0 unspecified atom stereocenters. The molecule has 2 heteroatoms. The van der Waals surface area contributed by atoms with E-state index >= 15 is 0 Å². The second kappa shape index (κ2) is 7.73. The Morgan fingerprint density at radius 1 is 0.652 bits per heavy atom. The number of hydrogen-bond acceptors (Lipinski definition) is 2. The normalized spacial score (nSPS) is 13.4. The zero-order valence-electron chi connectivity index (χ0n) is 13.1. The molecule has 0 spiro atoms. The standard InChI is InChI=1S/C21H22N2/c22-20(18-12-6-2-7-13-18)21(19-14-8-3-9-15-19)23-16-17-10-4-1-5-11-17/h1-15,20-21,23H,16,22H2/t20-,21-/m1/s1. The van der Waals surface area contributed by atoms with Gasteiger partial charge in [-0.2, -0.15) is 0 Å². The summed E-state index contributed by atoms with van der Waals surface area (Å²) in [6.45, 7) is 0.793. The third-order valence-electron chi connectivity index (χ3n) is 4.07. The molecule has 0 aliphatic heterocycles. The van der Waals surface area contributed by atoms with Gasteiger partial charge in [0.05, 0.1) is 6.04 Å². The van der Waals surface area contributed by atoms with Crippen LogP contribution in [0, 0.1) is 0 Å². The van der Waals surface area contributed by atoms with Gasteiger partial charge in [-0.1, -0.05) is 91.0 Å². The van der Waals surface area contributed by atoms with E-state index in [2.05, 4.69) is 66.0 Å². The molecular formula is C21H22N2. The highest BCUT2D eigenvalue weighted by Crippen LogP contribution is 2.27. The summed E-state index contributed by atoms with van der Waals surface area (Å²) in [6.07, 6.45) is 0. The molecule has 116 valence electrons. The molecule has 3 N–H and O–H groups in total. The Labute approximate surface area is 138 Å². The summed E-state index contributed by atoms with van der Waals surface area (Å²) in [4.78, 5) is 0. The lowest BCUT2D eigenvalue weighted by molar-refractivity contribution is 0.452. The van der Waals surface area contributed by atoms with Crippen molar-refractivity contribution in [3.05, 3.63) is 108 Å². The lowest BCUT2D eigenvalue weighted by Crippen LogP contribution is -2.31. The molecule has 23 heavy (non-hydrogen) atoms. The van der Waals surface area contributed by atoms with Gasteiger partial charge in [0.25, 0.3) is 0 Å². The molecule has 0 aliphatic rings. The zero-order chi connectivity index (χ0) is 15.9. The van der Waals surface area contributed by atoms with Gasteiger partial charge in [-0.25, -0.2) is 0 Å². The van der Waals surface area contributed by atoms with Crippen LogP contribution in [0.1, 0.15) is 28.8 Å². The fourth-order valence-electron chi connectivity index (χ4n) is 2.80. The van der Waals surface area contributed by atoms with E-state index in [1.165, 1.54) is 11.1 Å². The van der Waals surface area contributed by atoms with Crippen LogP contribution >= 0.6 is 0 Å². The topological polar surface area (TPSA) is 38.0 Å². The lowest BCUT2D eigenvalue weighted by Gasteiger charge is -2.26. The third kappa shape index (κ3) is 4.07. The molecule has 2 nitrogen and oxygen atoms in total. The SMILES string of the molecule is N[C@H](c1ccccc1)[C@H](NCc1ccccc1)c1ccccc1. The van der Waals surface area contributed by atoms with Crippen molar-refractivity contribution in [1.82, 2.24) is 5.32 Å². The monoisotopic (exact) mass is 302 g/mol. The molecule has 0 amide bonds. The first kappa shape index (κ1) is 15.5. The Morgan fingerprint density at radius 2 is 1.13 bits per heavy atom. The van der Waals surface area contributed by atoms with Crippen molar-refractivity contribution < 1.29 is 0 Å². The van der Waals surface area contributed by atoms with E-state index < -0.39 is 0 Å². The van der Waals surface area contributed by atoms with Gasteiger partial charge in [0, 0.05) is 12.6 Å². The largest absolute Gasteiger partial charge is 0.322 e. The first-order valence-corrected chi connectivity index (χ1v) is 7.97. The first-order valence-electron chi connectivity index (χ1n) is 7.97. The van der Waals surface area contributed by atoms with Crippen molar-refractivity contribution in [3.63, 3.8) is 0 Å². The number of nitrogens with two attached hydrogens (primary N) is 1. The fraction of sp³-hybridized carbons (Fsp3) is 0.143. The Kier molecular flexibility index (Phi) is 5.20. The van der Waals surface area contributed by atoms with E-state index in [1.807, 2.05) is 30.3 Å². The van der Waals surface area contributed by atoms with E-state index in [4.69, 9.17) is 5.73 Å². The zero-order valence-corrected chi connectivity index (χ0v) is 13.1. The van der Waals surface area contributed by atoms with Crippen LogP contribution in [-0.4, -0.2) is 0 Å². The van der Waals surface area contributed by atoms with Gasteiger partial charge >= 0.3 is 0 Å². The summed E-state index contributed by atoms with van der Waals surface area (Å²) < 4.78 is 0. The molecule has 0 saturated heterocycles. The molecule has 3 aromatic carbocycles. The molecule has 0 saturated carbocycles. The molecule has 0 bridgehead atoms. The Morgan fingerprint density at radius 3 is 1.70 bits per heavy atom. The van der Waals surface area contributed by atoms with Gasteiger partial charge in [0.1, 0.15) is 0 Å². The van der Waals surface area contributed by atoms with Crippen LogP contribution in [0.15, 0.2) is 91.0 Å². The molecule has 0 fully saturated rings. The average molecular weight is 302 g/mol. The fourth-order valence-corrected chi connectivity index (χ4v) is 2.80. The third-order valence-corrected chi connectivity index (χ3v) is 4.07. The number of rotatable bonds is 6. The van der Waals surface area contributed by atoms with Gasteiger partial charge in [0.2, 0.25) is 0 Å². The Bertz CT molecular complexity index is 696. The highest BCUT2D eigenvalue weighted by atomic mass is 15.0. The van der Waals surface area contributed by atoms with Crippen molar-refractivity contribution in [2.75, 3.05) is 0 Å². The van der Waals surface area contributed by atoms with Gasteiger partial charge in [0.15, 0.2) is 0 Å². The quantitative estimate of drug-likeness (QED) is 0.715. The molecular weight excluding hydrogens is 280 g/mol. The predicted molar refractivity (Wildman–Crippen MR) is 95.8 cm³/mol. The minimum absolute atomic E-state index is 0.0683. The van der Waals surface area contributed by atoms with Crippen LogP contribution in [-0.2, 0) is 6.54 Å². The molecule has 2 atom stereocenters. The van der Waals surface area contributed by atoms with Crippen molar-refractivity contribution in [2.24, 2.45) is 5.73 Å². The molecule has 0 radical (unpaired) electrons. The van der Waals surface area contributed by atoms with E-state index in [-0.39, 0.29) is 12.1 Å². The highest BCUT2D eigenvalue weighted by molar-refractivity contribution is 5.27. The van der Waals surface area contributed by atoms with Crippen molar-refractivity contribution in [1.29, 1.82) is 0 Å². The summed E-state index contributed by atoms with van der Waals surface area (Å²) in [7, 11) is 0. The maximum absolute atomic E-state index is 6.57. The van der Waals surface area contributed by atoms with Crippen molar-refractivity contribution >= 4 is 0 Å². The van der Waals surface area contributed by atoms with Crippen molar-refractivity contribution in [2.45, 2.75) is 18.6 Å². The molecule has 0 heterocycles. The first-order chi connectivity index (χ1) is 11.3. The average Bonchev–Trinajstić information content (AvgIpc) is 2.64. The van der Waals surface area contributed by atoms with Crippen LogP contribution < -0.4 is 11.1 Å². The molecule has 0 aliphatic carbocycles. The maximum atomic E-state index is 6.57. The molecule has 3 aromatic rings. The summed E-state index contributed by atoms with van der Waals surface area (Å²) in [6, 6.07) is 31.1. The molecule has 0 aromatic heterocycles. The van der Waals surface area contributed by atoms with Crippen LogP contribution in [0.5, 0.6) is 0 Å². The Balaban J connectivity index is 1.82. The van der Waals surface area contributed by atoms with Gasteiger partial charge in [-0.15, -0.1) is 0 Å². The van der Waals surface area contributed by atoms with Gasteiger partial charge in [-0.3, -0.25) is 0 Å². The number of nitrogens with one attached hydrogen (secondary N) is 1. The second-order valence-corrected chi connectivity index (χ2v) is 5.69. The van der Waals surface area contributed by atoms with Crippen LogP contribution in [0.2, 0.25) is 0 Å². The number of benzene rings is 3. The van der Waals surface area contributed by atoms with Gasteiger partial charge in [-0.05, 0) is 16.7 Å². The smallest absolute Gasteiger partial charge is 0.0518 e. The van der Waals surface area contributed by atoms with Crippen LogP contribution in [0.4, 0.5) is 0 Å². The number of hydrogen-bond donors (Lipinski definition) is 2. The second-order valence-electron chi connectivity index (χ2n) is 5.69. The summed E-state index contributed by atoms with van der Waals surface area (Å²) >= 11 is 0. The van der Waals surface area contributed by atoms with E-state index in [0.717, 1.165) is 12.1 Å². The highest BCUT2D eigenvalue weighted by Gasteiger charge is 2.20. The van der Waals surface area contributed by atoms with Crippen LogP contribution in [0.25, 0.3) is 0 Å². The summed E-state index contributed by atoms with van der Waals surface area (Å²) in [5.74, 6) is 0. The van der Waals surface area contributed by atoms with Gasteiger partial charge < -0.3 is 11.1 Å². The van der Waals surface area contributed by atoms with E-state index in [9.17, 15) is 0 Å².